The Bertz CT molecular complexity index is 935. The molecule has 1 heterocycles. The second-order valence-corrected chi connectivity index (χ2v) is 7.37. The minimum Gasteiger partial charge on any atom is -0.369 e. The maximum atomic E-state index is 12.9. The van der Waals surface area contributed by atoms with Gasteiger partial charge in [0.25, 0.3) is 5.91 Å². The SMILES string of the molecule is NC(=O)[C@H]1CCCN(C(=O)c2cccc(-c3ccc4c(c3)CCC4=O)c2)C1. The molecule has 2 aromatic carbocycles. The molecule has 1 aliphatic carbocycles. The molecule has 5 heteroatoms. The molecule has 0 spiro atoms. The summed E-state index contributed by atoms with van der Waals surface area (Å²) in [4.78, 5) is 37.9. The molecule has 4 rings (SSSR count). The highest BCUT2D eigenvalue weighted by molar-refractivity contribution is 6.01. The summed E-state index contributed by atoms with van der Waals surface area (Å²) in [5, 5.41) is 0. The number of hydrogen-bond acceptors (Lipinski definition) is 3. The van der Waals surface area contributed by atoms with Crippen molar-refractivity contribution in [1.29, 1.82) is 0 Å². The Morgan fingerprint density at radius 1 is 1.04 bits per heavy atom. The van der Waals surface area contributed by atoms with E-state index in [1.165, 1.54) is 0 Å². The van der Waals surface area contributed by atoms with Crippen LogP contribution in [0.2, 0.25) is 0 Å². The van der Waals surface area contributed by atoms with Gasteiger partial charge in [0.15, 0.2) is 5.78 Å². The second kappa shape index (κ2) is 6.99. The molecule has 2 aliphatic rings. The van der Waals surface area contributed by atoms with Crippen LogP contribution < -0.4 is 5.73 Å². The lowest BCUT2D eigenvalue weighted by molar-refractivity contribution is -0.123. The third kappa shape index (κ3) is 3.37. The largest absolute Gasteiger partial charge is 0.369 e. The van der Waals surface area contributed by atoms with Gasteiger partial charge in [-0.1, -0.05) is 30.3 Å². The number of rotatable bonds is 3. The molecule has 1 aliphatic heterocycles. The summed E-state index contributed by atoms with van der Waals surface area (Å²) in [7, 11) is 0. The molecule has 1 fully saturated rings. The number of ketones is 1. The molecule has 138 valence electrons. The molecule has 1 atom stereocenters. The van der Waals surface area contributed by atoms with E-state index < -0.39 is 0 Å². The van der Waals surface area contributed by atoms with Crippen LogP contribution in [0.15, 0.2) is 42.5 Å². The van der Waals surface area contributed by atoms with Crippen molar-refractivity contribution in [3.05, 3.63) is 59.2 Å². The summed E-state index contributed by atoms with van der Waals surface area (Å²) < 4.78 is 0. The summed E-state index contributed by atoms with van der Waals surface area (Å²) in [5.41, 5.74) is 9.88. The van der Waals surface area contributed by atoms with Crippen molar-refractivity contribution in [3.63, 3.8) is 0 Å². The fraction of sp³-hybridized carbons (Fsp3) is 0.318. The van der Waals surface area contributed by atoms with Gasteiger partial charge in [0.2, 0.25) is 5.91 Å². The Morgan fingerprint density at radius 2 is 1.85 bits per heavy atom. The lowest BCUT2D eigenvalue weighted by Gasteiger charge is -2.31. The molecule has 27 heavy (non-hydrogen) atoms. The number of aryl methyl sites for hydroxylation is 1. The Labute approximate surface area is 158 Å². The first-order valence-corrected chi connectivity index (χ1v) is 9.38. The molecule has 2 N–H and O–H groups in total. The Morgan fingerprint density at radius 3 is 2.67 bits per heavy atom. The zero-order chi connectivity index (χ0) is 19.0. The van der Waals surface area contributed by atoms with Gasteiger partial charge in [-0.05, 0) is 48.1 Å². The summed E-state index contributed by atoms with van der Waals surface area (Å²) in [6, 6.07) is 13.4. The number of nitrogens with two attached hydrogens (primary N) is 1. The minimum absolute atomic E-state index is 0.0702. The van der Waals surface area contributed by atoms with Gasteiger partial charge in [0, 0.05) is 30.6 Å². The number of amides is 2. The van der Waals surface area contributed by atoms with E-state index in [2.05, 4.69) is 0 Å². The number of fused-ring (bicyclic) bond motifs is 1. The lowest BCUT2D eigenvalue weighted by atomic mass is 9.96. The van der Waals surface area contributed by atoms with Crippen LogP contribution >= 0.6 is 0 Å². The zero-order valence-electron chi connectivity index (χ0n) is 15.1. The molecule has 0 aromatic heterocycles. The van der Waals surface area contributed by atoms with Crippen molar-refractivity contribution in [2.45, 2.75) is 25.7 Å². The summed E-state index contributed by atoms with van der Waals surface area (Å²) in [5.74, 6) is -0.470. The molecule has 2 amide bonds. The number of nitrogens with zero attached hydrogens (tertiary/aromatic N) is 1. The van der Waals surface area contributed by atoms with Gasteiger partial charge in [0.05, 0.1) is 5.92 Å². The molecule has 5 nitrogen and oxygen atoms in total. The van der Waals surface area contributed by atoms with Gasteiger partial charge < -0.3 is 10.6 Å². The molecule has 0 saturated carbocycles. The Balaban J connectivity index is 1.58. The summed E-state index contributed by atoms with van der Waals surface area (Å²) in [6.45, 7) is 1.03. The van der Waals surface area contributed by atoms with Gasteiger partial charge in [-0.15, -0.1) is 0 Å². The Kier molecular flexibility index (Phi) is 4.52. The van der Waals surface area contributed by atoms with Crippen LogP contribution in [0.25, 0.3) is 11.1 Å². The van der Waals surface area contributed by atoms with Crippen LogP contribution in [0.3, 0.4) is 0 Å². The Hall–Kier alpha value is -2.95. The smallest absolute Gasteiger partial charge is 0.253 e. The average molecular weight is 362 g/mol. The highest BCUT2D eigenvalue weighted by atomic mass is 16.2. The van der Waals surface area contributed by atoms with Crippen LogP contribution in [0.4, 0.5) is 0 Å². The van der Waals surface area contributed by atoms with Gasteiger partial charge in [0.1, 0.15) is 0 Å². The average Bonchev–Trinajstić information content (AvgIpc) is 3.08. The number of primary amides is 1. The predicted molar refractivity (Wildman–Crippen MR) is 102 cm³/mol. The number of piperidine rings is 1. The number of Topliss-reactive ketones (excluding diaryl/α,β-unsaturated/α-hetero) is 1. The predicted octanol–water partition coefficient (Wildman–Crippen LogP) is 2.82. The zero-order valence-corrected chi connectivity index (χ0v) is 15.1. The van der Waals surface area contributed by atoms with E-state index in [9.17, 15) is 14.4 Å². The number of hydrogen-bond donors (Lipinski definition) is 1. The van der Waals surface area contributed by atoms with E-state index in [1.807, 2.05) is 36.4 Å². The highest BCUT2D eigenvalue weighted by Crippen LogP contribution is 2.29. The first kappa shape index (κ1) is 17.5. The van der Waals surface area contributed by atoms with Gasteiger partial charge in [-0.2, -0.15) is 0 Å². The van der Waals surface area contributed by atoms with Crippen molar-refractivity contribution < 1.29 is 14.4 Å². The maximum absolute atomic E-state index is 12.9. The normalized spacial score (nSPS) is 19.0. The monoisotopic (exact) mass is 362 g/mol. The van der Waals surface area contributed by atoms with E-state index in [1.54, 1.807) is 11.0 Å². The molecule has 2 aromatic rings. The van der Waals surface area contributed by atoms with Crippen molar-refractivity contribution in [2.75, 3.05) is 13.1 Å². The van der Waals surface area contributed by atoms with Crippen molar-refractivity contribution >= 4 is 17.6 Å². The number of carbonyl (C=O) groups excluding carboxylic acids is 3. The van der Waals surface area contributed by atoms with E-state index in [4.69, 9.17) is 5.73 Å². The fourth-order valence-electron chi connectivity index (χ4n) is 4.04. The number of benzene rings is 2. The standard InChI is InChI=1S/C22H22N2O3/c23-21(26)18-5-2-10-24(13-18)22(27)17-4-1-3-14(12-17)15-6-8-19-16(11-15)7-9-20(19)25/h1,3-4,6,8,11-12,18H,2,5,7,9-10,13H2,(H2,23,26)/t18-/m0/s1. The molecular weight excluding hydrogens is 340 g/mol. The van der Waals surface area contributed by atoms with Crippen LogP contribution in [0.1, 0.15) is 45.5 Å². The summed E-state index contributed by atoms with van der Waals surface area (Å²) >= 11 is 0. The third-order valence-electron chi connectivity index (χ3n) is 5.58. The first-order chi connectivity index (χ1) is 13.0. The topological polar surface area (TPSA) is 80.5 Å². The lowest BCUT2D eigenvalue weighted by Crippen LogP contribution is -2.44. The quantitative estimate of drug-likeness (QED) is 0.912. The second-order valence-electron chi connectivity index (χ2n) is 7.37. The van der Waals surface area contributed by atoms with E-state index in [-0.39, 0.29) is 23.5 Å². The highest BCUT2D eigenvalue weighted by Gasteiger charge is 2.27. The van der Waals surface area contributed by atoms with Gasteiger partial charge in [-0.3, -0.25) is 14.4 Å². The van der Waals surface area contributed by atoms with Gasteiger partial charge in [-0.25, -0.2) is 0 Å². The van der Waals surface area contributed by atoms with E-state index in [0.717, 1.165) is 41.5 Å². The van der Waals surface area contributed by atoms with Crippen LogP contribution in [-0.2, 0) is 11.2 Å². The minimum atomic E-state index is -0.339. The first-order valence-electron chi connectivity index (χ1n) is 9.38. The van der Waals surface area contributed by atoms with Gasteiger partial charge >= 0.3 is 0 Å². The fourth-order valence-corrected chi connectivity index (χ4v) is 4.04. The molecule has 0 bridgehead atoms. The van der Waals surface area contributed by atoms with Crippen molar-refractivity contribution in [2.24, 2.45) is 11.7 Å². The molecule has 0 radical (unpaired) electrons. The van der Waals surface area contributed by atoms with Crippen molar-refractivity contribution in [1.82, 2.24) is 4.90 Å². The van der Waals surface area contributed by atoms with Crippen molar-refractivity contribution in [3.8, 4) is 11.1 Å². The summed E-state index contributed by atoms with van der Waals surface area (Å²) in [6.07, 6.45) is 2.89. The number of likely N-dealkylation sites (tertiary alicyclic amines) is 1. The molecule has 0 unspecified atom stereocenters. The third-order valence-corrected chi connectivity index (χ3v) is 5.58. The van der Waals surface area contributed by atoms with Crippen LogP contribution in [0, 0.1) is 5.92 Å². The van der Waals surface area contributed by atoms with E-state index in [0.29, 0.717) is 25.1 Å². The molecular formula is C22H22N2O3. The molecule has 1 saturated heterocycles. The number of carbonyl (C=O) groups is 3. The van der Waals surface area contributed by atoms with Crippen LogP contribution in [0.5, 0.6) is 0 Å². The van der Waals surface area contributed by atoms with Crippen LogP contribution in [-0.4, -0.2) is 35.6 Å². The van der Waals surface area contributed by atoms with E-state index >= 15 is 0 Å². The maximum Gasteiger partial charge on any atom is 0.253 e.